The zero-order valence-corrected chi connectivity index (χ0v) is 27.9. The second-order valence-electron chi connectivity index (χ2n) is 12.4. The third-order valence-corrected chi connectivity index (χ3v) is 7.61. The monoisotopic (exact) mass is 601 g/mol. The molecule has 0 aliphatic carbocycles. The SMILES string of the molecule is CCCCCCCCCCCCCCCC(OC(CC)c1c[nH]c(=O)n(CC[N+](C)(C)C)c1=O)C(C)OC(C)=O.[Cl-]. The van der Waals surface area contributed by atoms with Gasteiger partial charge in [0.05, 0.1) is 52.0 Å². The van der Waals surface area contributed by atoms with Crippen molar-refractivity contribution < 1.29 is 31.2 Å². The molecule has 240 valence electrons. The molecule has 1 heterocycles. The molecule has 0 amide bonds. The van der Waals surface area contributed by atoms with Gasteiger partial charge in [0.25, 0.3) is 5.56 Å². The number of hydrogen-bond acceptors (Lipinski definition) is 5. The molecule has 1 aromatic rings. The van der Waals surface area contributed by atoms with Crippen molar-refractivity contribution in [2.75, 3.05) is 27.7 Å². The Balaban J connectivity index is 0.0000160. The topological polar surface area (TPSA) is 90.4 Å². The lowest BCUT2D eigenvalue weighted by molar-refractivity contribution is -0.871. The van der Waals surface area contributed by atoms with E-state index in [4.69, 9.17) is 9.47 Å². The first-order valence-corrected chi connectivity index (χ1v) is 16.0. The van der Waals surface area contributed by atoms with Crippen LogP contribution in [0.2, 0.25) is 0 Å². The highest BCUT2D eigenvalue weighted by Crippen LogP contribution is 2.25. The molecule has 41 heavy (non-hydrogen) atoms. The molecule has 0 bridgehead atoms. The second kappa shape index (κ2) is 22.0. The van der Waals surface area contributed by atoms with Crippen molar-refractivity contribution in [2.45, 2.75) is 149 Å². The number of hydrogen-bond donors (Lipinski definition) is 1. The maximum atomic E-state index is 13.3. The lowest BCUT2D eigenvalue weighted by Gasteiger charge is -2.29. The van der Waals surface area contributed by atoms with E-state index in [2.05, 4.69) is 11.9 Å². The van der Waals surface area contributed by atoms with E-state index in [0.29, 0.717) is 29.6 Å². The van der Waals surface area contributed by atoms with Crippen LogP contribution in [0.1, 0.15) is 136 Å². The Hall–Kier alpha value is -1.64. The number of carbonyl (C=O) groups excluding carboxylic acids is 1. The molecule has 0 aliphatic rings. The van der Waals surface area contributed by atoms with Gasteiger partial charge in [-0.2, -0.15) is 0 Å². The highest BCUT2D eigenvalue weighted by atomic mass is 35.5. The number of nitrogens with zero attached hydrogens (tertiary/aromatic N) is 2. The third kappa shape index (κ3) is 17.2. The van der Waals surface area contributed by atoms with E-state index in [9.17, 15) is 14.4 Å². The van der Waals surface area contributed by atoms with Crippen LogP contribution in [0.4, 0.5) is 0 Å². The Labute approximate surface area is 255 Å². The number of halogens is 1. The quantitative estimate of drug-likeness (QED) is 0.118. The lowest BCUT2D eigenvalue weighted by atomic mass is 10.0. The van der Waals surface area contributed by atoms with Gasteiger partial charge in [-0.3, -0.25) is 14.2 Å². The predicted molar refractivity (Wildman–Crippen MR) is 164 cm³/mol. The molecule has 0 aromatic carbocycles. The van der Waals surface area contributed by atoms with Crippen LogP contribution in [0.25, 0.3) is 0 Å². The van der Waals surface area contributed by atoms with E-state index >= 15 is 0 Å². The first kappa shape index (κ1) is 39.4. The summed E-state index contributed by atoms with van der Waals surface area (Å²) in [6.07, 6.45) is 18.3. The minimum Gasteiger partial charge on any atom is -1.00 e. The third-order valence-electron chi connectivity index (χ3n) is 7.61. The highest BCUT2D eigenvalue weighted by molar-refractivity contribution is 5.66. The number of quaternary nitrogens is 1. The zero-order valence-electron chi connectivity index (χ0n) is 27.1. The molecular formula is C32H60ClN3O5. The van der Waals surface area contributed by atoms with Crippen LogP contribution in [0.5, 0.6) is 0 Å². The summed E-state index contributed by atoms with van der Waals surface area (Å²) in [5, 5.41) is 0. The summed E-state index contributed by atoms with van der Waals surface area (Å²) in [5.41, 5.74) is -0.286. The Morgan fingerprint density at radius 3 is 1.88 bits per heavy atom. The summed E-state index contributed by atoms with van der Waals surface area (Å²) in [6, 6.07) is 0. The fourth-order valence-electron chi connectivity index (χ4n) is 5.08. The number of unbranched alkanes of at least 4 members (excludes halogenated alkanes) is 12. The Kier molecular flexibility index (Phi) is 21.1. The van der Waals surface area contributed by atoms with E-state index in [1.54, 1.807) is 0 Å². The fraction of sp³-hybridized carbons (Fsp3) is 0.844. The van der Waals surface area contributed by atoms with E-state index in [1.165, 1.54) is 88.3 Å². The number of carbonyl (C=O) groups is 1. The van der Waals surface area contributed by atoms with Gasteiger partial charge in [-0.1, -0.05) is 97.3 Å². The lowest BCUT2D eigenvalue weighted by Crippen LogP contribution is -3.00. The number of aromatic nitrogens is 2. The summed E-state index contributed by atoms with van der Waals surface area (Å²) in [5.74, 6) is -0.341. The molecule has 0 saturated heterocycles. The van der Waals surface area contributed by atoms with Crippen LogP contribution >= 0.6 is 0 Å². The van der Waals surface area contributed by atoms with Gasteiger partial charge in [0, 0.05) is 13.1 Å². The zero-order chi connectivity index (χ0) is 30.0. The molecule has 3 unspecified atom stereocenters. The number of esters is 1. The predicted octanol–water partition coefficient (Wildman–Crippen LogP) is 3.52. The molecular weight excluding hydrogens is 542 g/mol. The highest BCUT2D eigenvalue weighted by Gasteiger charge is 2.27. The number of aromatic amines is 1. The molecule has 1 rings (SSSR count). The molecule has 1 N–H and O–H groups in total. The molecule has 8 nitrogen and oxygen atoms in total. The van der Waals surface area contributed by atoms with Gasteiger partial charge in [-0.05, 0) is 19.8 Å². The van der Waals surface area contributed by atoms with Gasteiger partial charge in [0.2, 0.25) is 0 Å². The Bertz CT molecular complexity index is 940. The smallest absolute Gasteiger partial charge is 0.328 e. The first-order valence-electron chi connectivity index (χ1n) is 16.0. The van der Waals surface area contributed by atoms with Gasteiger partial charge < -0.3 is 31.3 Å². The van der Waals surface area contributed by atoms with Crippen molar-refractivity contribution in [1.82, 2.24) is 9.55 Å². The summed E-state index contributed by atoms with van der Waals surface area (Å²) < 4.78 is 13.9. The largest absolute Gasteiger partial charge is 1.00 e. The van der Waals surface area contributed by atoms with Gasteiger partial charge in [-0.25, -0.2) is 4.79 Å². The van der Waals surface area contributed by atoms with Gasteiger partial charge in [0.15, 0.2) is 0 Å². The van der Waals surface area contributed by atoms with Crippen molar-refractivity contribution in [3.05, 3.63) is 32.6 Å². The van der Waals surface area contributed by atoms with Gasteiger partial charge in [0.1, 0.15) is 6.10 Å². The van der Waals surface area contributed by atoms with Crippen molar-refractivity contribution in [1.29, 1.82) is 0 Å². The van der Waals surface area contributed by atoms with E-state index in [0.717, 1.165) is 19.3 Å². The van der Waals surface area contributed by atoms with Crippen LogP contribution in [0, 0.1) is 0 Å². The maximum Gasteiger partial charge on any atom is 0.328 e. The second-order valence-corrected chi connectivity index (χ2v) is 12.4. The standard InChI is InChI=1S/C32H59N3O5.ClH/c1-8-10-11-12-13-14-15-16-17-18-19-20-21-22-30(26(3)39-27(4)36)40-29(9-2)28-25-33-32(38)34(31(28)37)23-24-35(5,6)7;/h25-26,29-30H,8-24H2,1-7H3;1H. The molecule has 0 aliphatic heterocycles. The summed E-state index contributed by atoms with van der Waals surface area (Å²) in [7, 11) is 6.08. The van der Waals surface area contributed by atoms with Crippen molar-refractivity contribution in [3.63, 3.8) is 0 Å². The average molecular weight is 602 g/mol. The molecule has 0 saturated carbocycles. The van der Waals surface area contributed by atoms with Crippen molar-refractivity contribution in [2.24, 2.45) is 0 Å². The number of nitrogens with one attached hydrogen (secondary N) is 1. The Morgan fingerprint density at radius 1 is 0.902 bits per heavy atom. The molecule has 1 aromatic heterocycles. The minimum absolute atomic E-state index is 0. The van der Waals surface area contributed by atoms with Crippen molar-refractivity contribution >= 4 is 5.97 Å². The first-order chi connectivity index (χ1) is 19.0. The van der Waals surface area contributed by atoms with Gasteiger partial charge in [-0.15, -0.1) is 0 Å². The average Bonchev–Trinajstić information content (AvgIpc) is 2.88. The number of H-pyrrole nitrogens is 1. The van der Waals surface area contributed by atoms with Crippen LogP contribution in [-0.4, -0.2) is 59.9 Å². The molecule has 9 heteroatoms. The van der Waals surface area contributed by atoms with Gasteiger partial charge >= 0.3 is 11.7 Å². The summed E-state index contributed by atoms with van der Waals surface area (Å²) in [6.45, 7) is 8.46. The van der Waals surface area contributed by atoms with Crippen LogP contribution in [0.15, 0.2) is 15.8 Å². The Morgan fingerprint density at radius 2 is 1.41 bits per heavy atom. The molecule has 3 atom stereocenters. The molecule has 0 radical (unpaired) electrons. The van der Waals surface area contributed by atoms with Crippen molar-refractivity contribution in [3.8, 4) is 0 Å². The molecule has 0 fully saturated rings. The van der Waals surface area contributed by atoms with E-state index in [1.807, 2.05) is 35.0 Å². The summed E-state index contributed by atoms with van der Waals surface area (Å²) >= 11 is 0. The fourth-order valence-corrected chi connectivity index (χ4v) is 5.08. The maximum absolute atomic E-state index is 13.3. The van der Waals surface area contributed by atoms with Crippen LogP contribution in [0.3, 0.4) is 0 Å². The number of rotatable bonds is 23. The number of likely N-dealkylation sites (N-methyl/N-ethyl adjacent to an activating group) is 1. The number of ether oxygens (including phenoxy) is 2. The van der Waals surface area contributed by atoms with E-state index in [-0.39, 0.29) is 30.0 Å². The van der Waals surface area contributed by atoms with Crippen LogP contribution in [-0.2, 0) is 20.8 Å². The minimum atomic E-state index is -0.496. The van der Waals surface area contributed by atoms with Crippen LogP contribution < -0.4 is 23.7 Å². The van der Waals surface area contributed by atoms with E-state index < -0.39 is 17.9 Å². The normalized spacial score (nSPS) is 13.8. The molecule has 0 spiro atoms. The summed E-state index contributed by atoms with van der Waals surface area (Å²) in [4.78, 5) is 40.1.